The van der Waals surface area contributed by atoms with Crippen LogP contribution in [0.25, 0.3) is 0 Å². The summed E-state index contributed by atoms with van der Waals surface area (Å²) in [6.07, 6.45) is 0.655. The average Bonchev–Trinajstić information content (AvgIpc) is 3.22. The summed E-state index contributed by atoms with van der Waals surface area (Å²) in [5.41, 5.74) is 1.78. The Morgan fingerprint density at radius 3 is 2.50 bits per heavy atom. The molecule has 128 valence electrons. The highest BCUT2D eigenvalue weighted by molar-refractivity contribution is 5.95. The lowest BCUT2D eigenvalue weighted by Crippen LogP contribution is -2.35. The van der Waals surface area contributed by atoms with Crippen LogP contribution >= 0.6 is 0 Å². The molecule has 1 aromatic rings. The van der Waals surface area contributed by atoms with Crippen molar-refractivity contribution in [1.82, 2.24) is 5.32 Å². The molecule has 2 N–H and O–H groups in total. The highest BCUT2D eigenvalue weighted by atomic mass is 16.5. The number of rotatable bonds is 5. The molecule has 0 aromatic heterocycles. The van der Waals surface area contributed by atoms with Crippen LogP contribution in [-0.4, -0.2) is 41.6 Å². The Morgan fingerprint density at radius 2 is 1.92 bits per heavy atom. The topological polar surface area (TPSA) is 95.9 Å². The fourth-order valence-corrected chi connectivity index (χ4v) is 3.03. The number of anilines is 1. The SMILES string of the molecule is O=C(NCc1ccc(N2CCCC2=O)cc1)[C@@H]1CC[C@H](C(=O)O)O1. The number of nitrogens with zero attached hydrogens (tertiary/aromatic N) is 1. The second kappa shape index (κ2) is 7.00. The summed E-state index contributed by atoms with van der Waals surface area (Å²) in [7, 11) is 0. The fourth-order valence-electron chi connectivity index (χ4n) is 3.03. The Morgan fingerprint density at radius 1 is 1.21 bits per heavy atom. The number of ether oxygens (including phenoxy) is 1. The van der Waals surface area contributed by atoms with Gasteiger partial charge in [-0.05, 0) is 37.0 Å². The van der Waals surface area contributed by atoms with Crippen LogP contribution in [-0.2, 0) is 25.7 Å². The Balaban J connectivity index is 1.51. The molecule has 2 aliphatic rings. The molecule has 2 atom stereocenters. The van der Waals surface area contributed by atoms with Gasteiger partial charge in [0.25, 0.3) is 0 Å². The van der Waals surface area contributed by atoms with Crippen molar-refractivity contribution < 1.29 is 24.2 Å². The molecule has 0 radical (unpaired) electrons. The van der Waals surface area contributed by atoms with Gasteiger partial charge in [0.15, 0.2) is 6.10 Å². The molecule has 0 saturated carbocycles. The zero-order valence-electron chi connectivity index (χ0n) is 13.2. The van der Waals surface area contributed by atoms with E-state index in [9.17, 15) is 14.4 Å². The van der Waals surface area contributed by atoms with E-state index in [1.54, 1.807) is 4.90 Å². The largest absolute Gasteiger partial charge is 0.479 e. The minimum absolute atomic E-state index is 0.141. The highest BCUT2D eigenvalue weighted by Crippen LogP contribution is 2.22. The Kier molecular flexibility index (Phi) is 4.80. The van der Waals surface area contributed by atoms with E-state index in [4.69, 9.17) is 9.84 Å². The van der Waals surface area contributed by atoms with E-state index >= 15 is 0 Å². The smallest absolute Gasteiger partial charge is 0.332 e. The third kappa shape index (κ3) is 3.56. The van der Waals surface area contributed by atoms with Crippen molar-refractivity contribution >= 4 is 23.5 Å². The maximum absolute atomic E-state index is 12.0. The number of benzene rings is 1. The maximum atomic E-state index is 12.0. The molecule has 3 rings (SSSR count). The van der Waals surface area contributed by atoms with Crippen LogP contribution in [0.4, 0.5) is 5.69 Å². The minimum Gasteiger partial charge on any atom is -0.479 e. The van der Waals surface area contributed by atoms with Gasteiger partial charge in [0.05, 0.1) is 0 Å². The summed E-state index contributed by atoms with van der Waals surface area (Å²) in [5, 5.41) is 11.6. The fraction of sp³-hybridized carbons (Fsp3) is 0.471. The van der Waals surface area contributed by atoms with Crippen molar-refractivity contribution in [2.45, 2.75) is 44.4 Å². The first-order chi connectivity index (χ1) is 11.5. The predicted octanol–water partition coefficient (Wildman–Crippen LogP) is 1.06. The molecule has 0 unspecified atom stereocenters. The van der Waals surface area contributed by atoms with E-state index < -0.39 is 18.2 Å². The van der Waals surface area contributed by atoms with Crippen LogP contribution in [0.5, 0.6) is 0 Å². The zero-order chi connectivity index (χ0) is 17.1. The third-order valence-corrected chi connectivity index (χ3v) is 4.38. The Labute approximate surface area is 139 Å². The van der Waals surface area contributed by atoms with Crippen molar-refractivity contribution in [1.29, 1.82) is 0 Å². The lowest BCUT2D eigenvalue weighted by atomic mass is 10.1. The first kappa shape index (κ1) is 16.4. The molecule has 0 spiro atoms. The molecule has 1 aromatic carbocycles. The second-order valence-electron chi connectivity index (χ2n) is 6.06. The van der Waals surface area contributed by atoms with E-state index in [0.717, 1.165) is 24.2 Å². The zero-order valence-corrected chi connectivity index (χ0v) is 13.2. The molecular weight excluding hydrogens is 312 g/mol. The van der Waals surface area contributed by atoms with Gasteiger partial charge < -0.3 is 20.1 Å². The lowest BCUT2D eigenvalue weighted by molar-refractivity contribution is -0.151. The number of amides is 2. The molecule has 2 saturated heterocycles. The molecule has 24 heavy (non-hydrogen) atoms. The molecule has 7 nitrogen and oxygen atoms in total. The van der Waals surface area contributed by atoms with Gasteiger partial charge in [0.2, 0.25) is 11.8 Å². The van der Waals surface area contributed by atoms with E-state index in [2.05, 4.69) is 5.32 Å². The van der Waals surface area contributed by atoms with Crippen molar-refractivity contribution in [3.05, 3.63) is 29.8 Å². The highest BCUT2D eigenvalue weighted by Gasteiger charge is 2.34. The Bertz CT molecular complexity index is 643. The number of carbonyl (C=O) groups is 3. The molecule has 2 aliphatic heterocycles. The summed E-state index contributed by atoms with van der Waals surface area (Å²) in [6.45, 7) is 1.09. The van der Waals surface area contributed by atoms with Gasteiger partial charge in [-0.1, -0.05) is 12.1 Å². The van der Waals surface area contributed by atoms with Crippen LogP contribution in [0.3, 0.4) is 0 Å². The molecule has 0 aliphatic carbocycles. The van der Waals surface area contributed by atoms with Gasteiger partial charge in [-0.3, -0.25) is 9.59 Å². The van der Waals surface area contributed by atoms with Gasteiger partial charge in [-0.15, -0.1) is 0 Å². The van der Waals surface area contributed by atoms with Crippen molar-refractivity contribution in [3.8, 4) is 0 Å². The summed E-state index contributed by atoms with van der Waals surface area (Å²) < 4.78 is 5.22. The molecule has 7 heteroatoms. The standard InChI is InChI=1S/C17H20N2O5/c20-15-2-1-9-19(15)12-5-3-11(4-6-12)10-18-16(21)13-7-8-14(24-13)17(22)23/h3-6,13-14H,1-2,7-10H2,(H,18,21)(H,22,23)/t13-,14+/m0/s1. The number of nitrogens with one attached hydrogen (secondary N) is 1. The monoisotopic (exact) mass is 332 g/mol. The second-order valence-corrected chi connectivity index (χ2v) is 6.06. The minimum atomic E-state index is -1.03. The van der Waals surface area contributed by atoms with Gasteiger partial charge >= 0.3 is 5.97 Å². The first-order valence-corrected chi connectivity index (χ1v) is 8.10. The summed E-state index contributed by atoms with van der Waals surface area (Å²) in [6, 6.07) is 7.49. The van der Waals surface area contributed by atoms with Gasteiger partial charge in [-0.25, -0.2) is 4.79 Å². The van der Waals surface area contributed by atoms with Crippen LogP contribution < -0.4 is 10.2 Å². The molecule has 2 fully saturated rings. The molecular formula is C17H20N2O5. The van der Waals surface area contributed by atoms with E-state index in [0.29, 0.717) is 25.8 Å². The van der Waals surface area contributed by atoms with Crippen LogP contribution in [0.15, 0.2) is 24.3 Å². The summed E-state index contributed by atoms with van der Waals surface area (Å²) in [5.74, 6) is -1.18. The average molecular weight is 332 g/mol. The number of carboxylic acid groups (broad SMARTS) is 1. The first-order valence-electron chi connectivity index (χ1n) is 8.10. The predicted molar refractivity (Wildman–Crippen MR) is 85.4 cm³/mol. The normalized spacial score (nSPS) is 23.5. The van der Waals surface area contributed by atoms with Crippen molar-refractivity contribution in [2.75, 3.05) is 11.4 Å². The molecule has 0 bridgehead atoms. The van der Waals surface area contributed by atoms with Gasteiger partial charge in [0.1, 0.15) is 6.10 Å². The van der Waals surface area contributed by atoms with E-state index in [-0.39, 0.29) is 11.8 Å². The van der Waals surface area contributed by atoms with E-state index in [1.807, 2.05) is 24.3 Å². The number of aliphatic carboxylic acids is 1. The third-order valence-electron chi connectivity index (χ3n) is 4.38. The van der Waals surface area contributed by atoms with Crippen LogP contribution in [0.1, 0.15) is 31.2 Å². The number of carboxylic acids is 1. The van der Waals surface area contributed by atoms with Crippen molar-refractivity contribution in [3.63, 3.8) is 0 Å². The summed E-state index contributed by atoms with van der Waals surface area (Å²) in [4.78, 5) is 36.3. The van der Waals surface area contributed by atoms with Crippen LogP contribution in [0.2, 0.25) is 0 Å². The number of hydrogen-bond acceptors (Lipinski definition) is 4. The lowest BCUT2D eigenvalue weighted by Gasteiger charge is -2.16. The molecule has 2 heterocycles. The molecule has 2 amide bonds. The maximum Gasteiger partial charge on any atom is 0.332 e. The van der Waals surface area contributed by atoms with E-state index in [1.165, 1.54) is 0 Å². The van der Waals surface area contributed by atoms with Crippen LogP contribution in [0, 0.1) is 0 Å². The van der Waals surface area contributed by atoms with Crippen molar-refractivity contribution in [2.24, 2.45) is 0 Å². The number of carbonyl (C=O) groups excluding carboxylic acids is 2. The Hall–Kier alpha value is -2.41. The quantitative estimate of drug-likeness (QED) is 0.840. The number of hydrogen-bond donors (Lipinski definition) is 2. The van der Waals surface area contributed by atoms with Gasteiger partial charge in [-0.2, -0.15) is 0 Å². The van der Waals surface area contributed by atoms with Gasteiger partial charge in [0, 0.05) is 25.2 Å². The summed E-state index contributed by atoms with van der Waals surface area (Å²) >= 11 is 0.